The zero-order chi connectivity index (χ0) is 12.7. The molecule has 0 amide bonds. The van der Waals surface area contributed by atoms with Crippen molar-refractivity contribution in [2.24, 2.45) is 11.8 Å². The van der Waals surface area contributed by atoms with E-state index in [0.717, 1.165) is 24.8 Å². The third-order valence-electron chi connectivity index (χ3n) is 3.08. The molecule has 1 rings (SSSR count). The van der Waals surface area contributed by atoms with E-state index in [4.69, 9.17) is 0 Å². The molecule has 1 aromatic rings. The molecule has 3 heteroatoms. The summed E-state index contributed by atoms with van der Waals surface area (Å²) in [5, 5.41) is 8.20. The molecular formula is C14H27N3. The van der Waals surface area contributed by atoms with Crippen LogP contribution in [0, 0.1) is 11.8 Å². The Labute approximate surface area is 106 Å². The summed E-state index contributed by atoms with van der Waals surface area (Å²) in [6.07, 6.45) is 8.08. The van der Waals surface area contributed by atoms with Gasteiger partial charge in [-0.15, -0.1) is 5.10 Å². The highest BCUT2D eigenvalue weighted by molar-refractivity contribution is 4.94. The highest BCUT2D eigenvalue weighted by Crippen LogP contribution is 2.10. The number of hydrogen-bond donors (Lipinski definition) is 0. The van der Waals surface area contributed by atoms with Crippen LogP contribution in [0.15, 0.2) is 6.20 Å². The normalized spacial score (nSPS) is 11.6. The van der Waals surface area contributed by atoms with Crippen LogP contribution in [0.1, 0.15) is 59.1 Å². The van der Waals surface area contributed by atoms with E-state index in [1.807, 2.05) is 6.20 Å². The Morgan fingerprint density at radius 3 is 2.41 bits per heavy atom. The Morgan fingerprint density at radius 2 is 1.76 bits per heavy atom. The van der Waals surface area contributed by atoms with Crippen molar-refractivity contribution < 1.29 is 0 Å². The second-order valence-electron chi connectivity index (χ2n) is 5.77. The second-order valence-corrected chi connectivity index (χ2v) is 5.77. The third-order valence-corrected chi connectivity index (χ3v) is 3.08. The van der Waals surface area contributed by atoms with Crippen LogP contribution in [0.5, 0.6) is 0 Å². The number of aryl methyl sites for hydroxylation is 2. The molecule has 0 atom stereocenters. The first kappa shape index (κ1) is 14.2. The van der Waals surface area contributed by atoms with Gasteiger partial charge in [-0.05, 0) is 31.1 Å². The van der Waals surface area contributed by atoms with Crippen LogP contribution in [0.2, 0.25) is 0 Å². The molecule has 0 N–H and O–H groups in total. The molecule has 0 fully saturated rings. The minimum Gasteiger partial charge on any atom is -0.249 e. The van der Waals surface area contributed by atoms with Gasteiger partial charge in [-0.2, -0.15) is 0 Å². The van der Waals surface area contributed by atoms with Gasteiger partial charge in [-0.3, -0.25) is 0 Å². The Bertz CT molecular complexity index is 302. The van der Waals surface area contributed by atoms with Gasteiger partial charge in [-0.1, -0.05) is 45.7 Å². The zero-order valence-electron chi connectivity index (χ0n) is 11.8. The molecule has 0 unspecified atom stereocenters. The van der Waals surface area contributed by atoms with E-state index in [0.29, 0.717) is 0 Å². The van der Waals surface area contributed by atoms with Gasteiger partial charge < -0.3 is 0 Å². The SMILES string of the molecule is CC(C)CCCCn1nncc1CCC(C)C. The molecule has 3 nitrogen and oxygen atoms in total. The summed E-state index contributed by atoms with van der Waals surface area (Å²) in [7, 11) is 0. The molecule has 0 bridgehead atoms. The van der Waals surface area contributed by atoms with E-state index < -0.39 is 0 Å². The lowest BCUT2D eigenvalue weighted by molar-refractivity contribution is 0.470. The summed E-state index contributed by atoms with van der Waals surface area (Å²) in [6.45, 7) is 10.1. The molecule has 0 aliphatic heterocycles. The molecule has 0 aliphatic rings. The monoisotopic (exact) mass is 237 g/mol. The quantitative estimate of drug-likeness (QED) is 0.646. The number of rotatable bonds is 8. The molecule has 0 saturated heterocycles. The molecule has 0 aromatic carbocycles. The molecule has 0 aliphatic carbocycles. The Hall–Kier alpha value is -0.860. The highest BCUT2D eigenvalue weighted by atomic mass is 15.4. The van der Waals surface area contributed by atoms with Gasteiger partial charge in [0.25, 0.3) is 0 Å². The van der Waals surface area contributed by atoms with Crippen LogP contribution < -0.4 is 0 Å². The molecule has 98 valence electrons. The third kappa shape index (κ3) is 5.85. The van der Waals surface area contributed by atoms with E-state index in [2.05, 4.69) is 42.7 Å². The maximum atomic E-state index is 4.18. The largest absolute Gasteiger partial charge is 0.249 e. The summed E-state index contributed by atoms with van der Waals surface area (Å²) in [5.41, 5.74) is 1.29. The fourth-order valence-electron chi connectivity index (χ4n) is 1.91. The van der Waals surface area contributed by atoms with Crippen molar-refractivity contribution in [1.82, 2.24) is 15.0 Å². The van der Waals surface area contributed by atoms with Gasteiger partial charge in [0.15, 0.2) is 0 Å². The lowest BCUT2D eigenvalue weighted by Crippen LogP contribution is -2.06. The maximum Gasteiger partial charge on any atom is 0.0725 e. The van der Waals surface area contributed by atoms with E-state index in [1.165, 1.54) is 31.4 Å². The van der Waals surface area contributed by atoms with Gasteiger partial charge in [0.2, 0.25) is 0 Å². The lowest BCUT2D eigenvalue weighted by atomic mass is 10.1. The molecule has 1 heterocycles. The van der Waals surface area contributed by atoms with Gasteiger partial charge in [0.05, 0.1) is 11.9 Å². The summed E-state index contributed by atoms with van der Waals surface area (Å²) in [5.74, 6) is 1.56. The molecule has 0 spiro atoms. The Morgan fingerprint density at radius 1 is 1.06 bits per heavy atom. The summed E-state index contributed by atoms with van der Waals surface area (Å²) >= 11 is 0. The van der Waals surface area contributed by atoms with Crippen molar-refractivity contribution in [3.05, 3.63) is 11.9 Å². The first-order chi connectivity index (χ1) is 8.09. The number of nitrogens with zero attached hydrogens (tertiary/aromatic N) is 3. The Kier molecular flexibility index (Phi) is 6.23. The van der Waals surface area contributed by atoms with Crippen LogP contribution in [0.4, 0.5) is 0 Å². The molecule has 0 radical (unpaired) electrons. The van der Waals surface area contributed by atoms with Crippen LogP contribution in [0.25, 0.3) is 0 Å². The van der Waals surface area contributed by atoms with Crippen molar-refractivity contribution >= 4 is 0 Å². The van der Waals surface area contributed by atoms with Crippen LogP contribution in [-0.2, 0) is 13.0 Å². The van der Waals surface area contributed by atoms with Gasteiger partial charge >= 0.3 is 0 Å². The van der Waals surface area contributed by atoms with E-state index in [9.17, 15) is 0 Å². The topological polar surface area (TPSA) is 30.7 Å². The smallest absolute Gasteiger partial charge is 0.0725 e. The minimum absolute atomic E-state index is 0.749. The fourth-order valence-corrected chi connectivity index (χ4v) is 1.91. The predicted octanol–water partition coefficient (Wildman–Crippen LogP) is 3.69. The van der Waals surface area contributed by atoms with Crippen molar-refractivity contribution in [3.63, 3.8) is 0 Å². The minimum atomic E-state index is 0.749. The van der Waals surface area contributed by atoms with Crippen LogP contribution in [-0.4, -0.2) is 15.0 Å². The lowest BCUT2D eigenvalue weighted by Gasteiger charge is -2.08. The summed E-state index contributed by atoms with van der Waals surface area (Å²) < 4.78 is 2.09. The average Bonchev–Trinajstić information content (AvgIpc) is 2.68. The molecule has 1 aromatic heterocycles. The molecular weight excluding hydrogens is 210 g/mol. The fraction of sp³-hybridized carbons (Fsp3) is 0.857. The predicted molar refractivity (Wildman–Crippen MR) is 71.9 cm³/mol. The summed E-state index contributed by atoms with van der Waals surface area (Å²) in [4.78, 5) is 0. The molecule has 0 saturated carbocycles. The van der Waals surface area contributed by atoms with Crippen molar-refractivity contribution in [2.75, 3.05) is 0 Å². The van der Waals surface area contributed by atoms with Gasteiger partial charge in [-0.25, -0.2) is 4.68 Å². The van der Waals surface area contributed by atoms with Crippen LogP contribution >= 0.6 is 0 Å². The zero-order valence-corrected chi connectivity index (χ0v) is 11.8. The van der Waals surface area contributed by atoms with E-state index >= 15 is 0 Å². The first-order valence-electron chi connectivity index (χ1n) is 6.97. The van der Waals surface area contributed by atoms with Crippen molar-refractivity contribution in [1.29, 1.82) is 0 Å². The maximum absolute atomic E-state index is 4.18. The Balaban J connectivity index is 2.30. The van der Waals surface area contributed by atoms with E-state index in [-0.39, 0.29) is 0 Å². The highest BCUT2D eigenvalue weighted by Gasteiger charge is 2.05. The summed E-state index contributed by atoms with van der Waals surface area (Å²) in [6, 6.07) is 0. The van der Waals surface area contributed by atoms with Crippen molar-refractivity contribution in [2.45, 2.75) is 66.3 Å². The van der Waals surface area contributed by atoms with Gasteiger partial charge in [0.1, 0.15) is 0 Å². The molecule has 17 heavy (non-hydrogen) atoms. The van der Waals surface area contributed by atoms with Gasteiger partial charge in [0, 0.05) is 6.54 Å². The van der Waals surface area contributed by atoms with E-state index in [1.54, 1.807) is 0 Å². The number of aromatic nitrogens is 3. The number of hydrogen-bond acceptors (Lipinski definition) is 2. The van der Waals surface area contributed by atoms with Crippen molar-refractivity contribution in [3.8, 4) is 0 Å². The first-order valence-corrected chi connectivity index (χ1v) is 6.97. The standard InChI is InChI=1S/C14H27N3/c1-12(2)7-5-6-10-17-14(11-15-16-17)9-8-13(3)4/h11-13H,5-10H2,1-4H3. The average molecular weight is 237 g/mol. The number of unbranched alkanes of at least 4 members (excludes halogenated alkanes) is 1. The van der Waals surface area contributed by atoms with Crippen LogP contribution in [0.3, 0.4) is 0 Å². The second kappa shape index (κ2) is 7.46.